The molecule has 10 heteroatoms. The van der Waals surface area contributed by atoms with E-state index in [9.17, 15) is 0 Å². The molecule has 0 aliphatic heterocycles. The number of aromatic nitrogens is 8. The summed E-state index contributed by atoms with van der Waals surface area (Å²) in [7, 11) is 0. The van der Waals surface area contributed by atoms with Crippen LogP contribution in [0, 0.1) is 33.6 Å². The van der Waals surface area contributed by atoms with E-state index in [1.165, 1.54) is 46.1 Å². The Morgan fingerprint density at radius 1 is 0.609 bits per heavy atom. The molecule has 2 aromatic carbocycles. The van der Waals surface area contributed by atoms with Gasteiger partial charge in [0.1, 0.15) is 0 Å². The van der Waals surface area contributed by atoms with Gasteiger partial charge in [-0.05, 0) is 0 Å². The monoisotopic (exact) mass is 974 g/mol. The number of hydrogen-bond acceptors (Lipinski definition) is 2. The Bertz CT molecular complexity index is 1730. The Morgan fingerprint density at radius 2 is 1.07 bits per heavy atom. The van der Waals surface area contributed by atoms with Crippen molar-refractivity contribution in [2.75, 3.05) is 0 Å². The zero-order chi connectivity index (χ0) is 32.1. The predicted molar refractivity (Wildman–Crippen MR) is 171 cm³/mol. The standard InChI is InChI=1S/2C18H20N4.2Pt/c2*1-16-14-17(20-19-16)8-4-3-7-11-21-12-13-22(15-21)18-9-5-2-6-10-18;;/h2*2,5-6,9,12-14H,3-4,7-8,11H2,1H3;;/q2*-2;;. The van der Waals surface area contributed by atoms with Gasteiger partial charge >= 0.3 is 295 Å². The molecule has 0 fully saturated rings. The van der Waals surface area contributed by atoms with Crippen LogP contribution in [0.2, 0.25) is 0 Å². The second-order valence-corrected chi connectivity index (χ2v) is 13.3. The molecule has 0 aliphatic rings. The molecule has 0 N–H and O–H groups in total. The molecule has 6 aromatic rings. The number of hydrogen-bond donors (Lipinski definition) is 0. The van der Waals surface area contributed by atoms with Crippen LogP contribution in [-0.4, -0.2) is 28.5 Å². The van der Waals surface area contributed by atoms with E-state index in [1.807, 2.05) is 50.2 Å². The van der Waals surface area contributed by atoms with Crippen molar-refractivity contribution in [2.45, 2.75) is 78.3 Å². The average molecular weight is 975 g/mol. The van der Waals surface area contributed by atoms with Crippen molar-refractivity contribution in [1.82, 2.24) is 38.7 Å². The fraction of sp³-hybridized carbons (Fsp3) is 0.333. The Labute approximate surface area is 293 Å². The van der Waals surface area contributed by atoms with Crippen LogP contribution in [0.3, 0.4) is 0 Å². The molecule has 0 aliphatic carbocycles. The molecule has 46 heavy (non-hydrogen) atoms. The minimum atomic E-state index is 1.02. The van der Waals surface area contributed by atoms with Crippen molar-refractivity contribution in [1.29, 1.82) is 0 Å². The van der Waals surface area contributed by atoms with Crippen LogP contribution in [0.1, 0.15) is 61.3 Å². The molecule has 0 unspecified atom stereocenters. The van der Waals surface area contributed by atoms with Gasteiger partial charge in [0.05, 0.1) is 0 Å². The van der Waals surface area contributed by atoms with E-state index in [2.05, 4.69) is 139 Å². The summed E-state index contributed by atoms with van der Waals surface area (Å²) in [5, 5.41) is 16.4. The first-order valence-corrected chi connectivity index (χ1v) is 18.1. The predicted octanol–water partition coefficient (Wildman–Crippen LogP) is 6.46. The summed E-state index contributed by atoms with van der Waals surface area (Å²) in [6.45, 7) is 6.07. The molecular formula is C36H40N8Pt2-4. The van der Waals surface area contributed by atoms with Crippen LogP contribution >= 0.6 is 0 Å². The van der Waals surface area contributed by atoms with Crippen molar-refractivity contribution >= 4 is 0 Å². The summed E-state index contributed by atoms with van der Waals surface area (Å²) < 4.78 is 11.4. The molecule has 4 heterocycles. The van der Waals surface area contributed by atoms with Crippen molar-refractivity contribution in [3.63, 3.8) is 0 Å². The minimum absolute atomic E-state index is 1.02. The van der Waals surface area contributed by atoms with Gasteiger partial charge < -0.3 is 0 Å². The van der Waals surface area contributed by atoms with E-state index in [1.54, 1.807) is 0 Å². The van der Waals surface area contributed by atoms with E-state index in [0.717, 1.165) is 60.1 Å². The number of para-hydroxylation sites is 2. The maximum atomic E-state index is 4.16. The number of nitrogens with zero attached hydrogens (tertiary/aromatic N) is 8. The third kappa shape index (κ3) is 9.83. The molecule has 0 amide bonds. The molecule has 0 radical (unpaired) electrons. The molecule has 248 valence electrons. The third-order valence-corrected chi connectivity index (χ3v) is 9.99. The summed E-state index contributed by atoms with van der Waals surface area (Å²) in [5.74, 6) is 0. The third-order valence-electron chi connectivity index (χ3n) is 7.59. The van der Waals surface area contributed by atoms with Crippen LogP contribution in [0.25, 0.3) is 11.4 Å². The van der Waals surface area contributed by atoms with Gasteiger partial charge in [-0.25, -0.2) is 0 Å². The quantitative estimate of drug-likeness (QED) is 0.0929. The molecule has 8 nitrogen and oxygen atoms in total. The summed E-state index contributed by atoms with van der Waals surface area (Å²) >= 11 is 4.76. The van der Waals surface area contributed by atoms with Gasteiger partial charge in [-0.3, -0.25) is 0 Å². The van der Waals surface area contributed by atoms with Crippen LogP contribution in [0.4, 0.5) is 0 Å². The molecule has 4 aromatic heterocycles. The zero-order valence-corrected chi connectivity index (χ0v) is 30.9. The average Bonchev–Trinajstić information content (AvgIpc) is 3.87. The van der Waals surface area contributed by atoms with Crippen LogP contribution in [-0.2, 0) is 64.6 Å². The van der Waals surface area contributed by atoms with Gasteiger partial charge in [0.2, 0.25) is 0 Å². The van der Waals surface area contributed by atoms with Gasteiger partial charge in [0.15, 0.2) is 0 Å². The molecule has 6 rings (SSSR count). The Morgan fingerprint density at radius 3 is 1.43 bits per heavy atom. The number of rotatable bonds is 14. The summed E-state index contributed by atoms with van der Waals surface area (Å²) in [5.41, 5.74) is 6.45. The first-order valence-electron chi connectivity index (χ1n) is 15.8. The first-order chi connectivity index (χ1) is 22.5. The summed E-state index contributed by atoms with van der Waals surface area (Å²) in [4.78, 5) is 0. The topological polar surface area (TPSA) is 73.7 Å². The Kier molecular flexibility index (Phi) is 13.0. The number of unbranched alkanes of at least 4 members (excludes halogenated alkanes) is 4. The van der Waals surface area contributed by atoms with Crippen LogP contribution in [0.5, 0.6) is 0 Å². The van der Waals surface area contributed by atoms with E-state index in [0.29, 0.717) is 0 Å². The molecule has 0 spiro atoms. The normalized spacial score (nSPS) is 11.1. The second-order valence-electron chi connectivity index (χ2n) is 11.3. The van der Waals surface area contributed by atoms with Crippen molar-refractivity contribution in [3.05, 3.63) is 128 Å². The van der Waals surface area contributed by atoms with Crippen LogP contribution in [0.15, 0.2) is 85.5 Å². The van der Waals surface area contributed by atoms with E-state index >= 15 is 0 Å². The fourth-order valence-electron chi connectivity index (χ4n) is 5.19. The van der Waals surface area contributed by atoms with E-state index in [4.69, 9.17) is 0 Å². The molecule has 0 saturated heterocycles. The Balaban J connectivity index is 0.000000181. The number of aryl methyl sites for hydroxylation is 6. The van der Waals surface area contributed by atoms with Gasteiger partial charge in [-0.1, -0.05) is 0 Å². The van der Waals surface area contributed by atoms with Gasteiger partial charge in [-0.2, -0.15) is 0 Å². The number of imidazole rings is 2. The van der Waals surface area contributed by atoms with E-state index < -0.39 is 0 Å². The SMILES string of the molecule is Cc1cc(CCCCCn2ccn(-c3[c-]cccc3)[c]2=[Pt])n[n-]1.Cc1cc(CCCCCn2ccn(-c3[c-]cccc3)[c]2=[Pt])n[n-]1. The zero-order valence-electron chi connectivity index (χ0n) is 26.4. The van der Waals surface area contributed by atoms with Gasteiger partial charge in [0.25, 0.3) is 0 Å². The molecular weight excluding hydrogens is 935 g/mol. The van der Waals surface area contributed by atoms with E-state index in [-0.39, 0.29) is 0 Å². The Hall–Kier alpha value is -3.34. The number of benzene rings is 2. The molecule has 0 bridgehead atoms. The van der Waals surface area contributed by atoms with Gasteiger partial charge in [0, 0.05) is 0 Å². The first kappa shape index (κ1) is 34.0. The van der Waals surface area contributed by atoms with Gasteiger partial charge in [-0.15, -0.1) is 0 Å². The summed E-state index contributed by atoms with van der Waals surface area (Å²) in [6.07, 6.45) is 17.7. The molecule has 0 atom stereocenters. The van der Waals surface area contributed by atoms with Crippen LogP contribution < -0.4 is 10.2 Å². The fourth-order valence-corrected chi connectivity index (χ4v) is 6.92. The van der Waals surface area contributed by atoms with Crippen molar-refractivity contribution in [2.24, 2.45) is 0 Å². The van der Waals surface area contributed by atoms with Crippen molar-refractivity contribution in [3.8, 4) is 11.4 Å². The maximum absolute atomic E-state index is 4.16. The van der Waals surface area contributed by atoms with Crippen molar-refractivity contribution < 1.29 is 38.7 Å². The molecule has 0 saturated carbocycles. The second kappa shape index (κ2) is 17.5. The summed E-state index contributed by atoms with van der Waals surface area (Å²) in [6, 6.07) is 26.8.